The van der Waals surface area contributed by atoms with Crippen molar-refractivity contribution in [3.8, 4) is 17.2 Å². The van der Waals surface area contributed by atoms with E-state index in [1.54, 1.807) is 30.1 Å². The molecule has 0 spiro atoms. The molecule has 0 aliphatic rings. The molecule has 29 heavy (non-hydrogen) atoms. The van der Waals surface area contributed by atoms with E-state index in [1.807, 2.05) is 51.1 Å². The Labute approximate surface area is 175 Å². The molecule has 1 heterocycles. The van der Waals surface area contributed by atoms with Crippen molar-refractivity contribution in [3.05, 3.63) is 64.9 Å². The van der Waals surface area contributed by atoms with Crippen molar-refractivity contribution in [2.45, 2.75) is 26.2 Å². The van der Waals surface area contributed by atoms with E-state index in [9.17, 15) is 4.79 Å². The quantitative estimate of drug-likeness (QED) is 0.578. The standard InChI is InChI=1S/C22H24ClN3O3/c1-22(2,3)21-24-19(29-25-21)17-10-5-6-11-18(17)20(27)26(4)12-13-28-16-9-7-8-15(23)14-16/h5-11,14H,12-13H2,1-4H3. The first-order valence-electron chi connectivity index (χ1n) is 9.33. The summed E-state index contributed by atoms with van der Waals surface area (Å²) in [5.74, 6) is 1.45. The third-order valence-corrected chi connectivity index (χ3v) is 4.56. The number of benzene rings is 2. The SMILES string of the molecule is CN(CCOc1cccc(Cl)c1)C(=O)c1ccccc1-c1nc(C(C)(C)C)no1. The number of halogens is 1. The highest BCUT2D eigenvalue weighted by atomic mass is 35.5. The Hall–Kier alpha value is -2.86. The molecule has 3 rings (SSSR count). The lowest BCUT2D eigenvalue weighted by molar-refractivity contribution is 0.0774. The minimum Gasteiger partial charge on any atom is -0.492 e. The molecule has 7 heteroatoms. The van der Waals surface area contributed by atoms with Crippen molar-refractivity contribution in [1.29, 1.82) is 0 Å². The van der Waals surface area contributed by atoms with Crippen LogP contribution in [0, 0.1) is 0 Å². The number of hydrogen-bond acceptors (Lipinski definition) is 5. The second-order valence-corrected chi connectivity index (χ2v) is 8.19. The van der Waals surface area contributed by atoms with Crippen molar-refractivity contribution in [2.24, 2.45) is 0 Å². The molecule has 1 aromatic heterocycles. The summed E-state index contributed by atoms with van der Waals surface area (Å²) in [6.45, 7) is 6.78. The van der Waals surface area contributed by atoms with Crippen LogP contribution in [0.3, 0.4) is 0 Å². The molecule has 6 nitrogen and oxygen atoms in total. The van der Waals surface area contributed by atoms with E-state index < -0.39 is 0 Å². The minimum atomic E-state index is -0.241. The maximum Gasteiger partial charge on any atom is 0.258 e. The molecule has 1 amide bonds. The first-order valence-corrected chi connectivity index (χ1v) is 9.71. The molecular formula is C22H24ClN3O3. The van der Waals surface area contributed by atoms with Crippen LogP contribution in [0.4, 0.5) is 0 Å². The Bertz CT molecular complexity index is 995. The number of hydrogen-bond donors (Lipinski definition) is 0. The zero-order chi connectivity index (χ0) is 21.0. The number of aromatic nitrogens is 2. The molecule has 152 valence electrons. The largest absolute Gasteiger partial charge is 0.492 e. The highest BCUT2D eigenvalue weighted by Crippen LogP contribution is 2.26. The summed E-state index contributed by atoms with van der Waals surface area (Å²) in [6.07, 6.45) is 0. The fourth-order valence-electron chi connectivity index (χ4n) is 2.66. The Balaban J connectivity index is 1.71. The summed E-state index contributed by atoms with van der Waals surface area (Å²) >= 11 is 5.96. The van der Waals surface area contributed by atoms with Crippen LogP contribution in [0.2, 0.25) is 5.02 Å². The summed E-state index contributed by atoms with van der Waals surface area (Å²) in [6, 6.07) is 14.4. The number of likely N-dealkylation sites (N-methyl/N-ethyl adjacent to an activating group) is 1. The average Bonchev–Trinajstić information content (AvgIpc) is 3.18. The zero-order valence-corrected chi connectivity index (χ0v) is 17.7. The van der Waals surface area contributed by atoms with Gasteiger partial charge in [-0.1, -0.05) is 55.7 Å². The summed E-state index contributed by atoms with van der Waals surface area (Å²) in [5, 5.41) is 4.66. The molecule has 0 radical (unpaired) electrons. The maximum atomic E-state index is 13.0. The fourth-order valence-corrected chi connectivity index (χ4v) is 2.84. The average molecular weight is 414 g/mol. The summed E-state index contributed by atoms with van der Waals surface area (Å²) in [5.41, 5.74) is 0.875. The highest BCUT2D eigenvalue weighted by Gasteiger charge is 2.24. The van der Waals surface area contributed by atoms with Gasteiger partial charge in [-0.3, -0.25) is 4.79 Å². The molecule has 0 unspecified atom stereocenters. The van der Waals surface area contributed by atoms with Gasteiger partial charge in [-0.25, -0.2) is 0 Å². The maximum absolute atomic E-state index is 13.0. The van der Waals surface area contributed by atoms with Crippen LogP contribution in [0.1, 0.15) is 37.0 Å². The first kappa shape index (κ1) is 20.9. The van der Waals surface area contributed by atoms with Gasteiger partial charge in [0.25, 0.3) is 11.8 Å². The topological polar surface area (TPSA) is 68.5 Å². The second kappa shape index (κ2) is 8.66. The monoisotopic (exact) mass is 413 g/mol. The van der Waals surface area contributed by atoms with Gasteiger partial charge in [0.2, 0.25) is 0 Å². The van der Waals surface area contributed by atoms with Crippen molar-refractivity contribution in [2.75, 3.05) is 20.2 Å². The molecule has 0 aliphatic carbocycles. The molecule has 0 saturated carbocycles. The van der Waals surface area contributed by atoms with Crippen molar-refractivity contribution in [3.63, 3.8) is 0 Å². The smallest absolute Gasteiger partial charge is 0.258 e. The van der Waals surface area contributed by atoms with Crippen molar-refractivity contribution >= 4 is 17.5 Å². The van der Waals surface area contributed by atoms with Gasteiger partial charge >= 0.3 is 0 Å². The van der Waals surface area contributed by atoms with Crippen molar-refractivity contribution < 1.29 is 14.1 Å². The van der Waals surface area contributed by atoms with Crippen LogP contribution in [0.5, 0.6) is 5.75 Å². The second-order valence-electron chi connectivity index (χ2n) is 7.75. The molecule has 0 bridgehead atoms. The van der Waals surface area contributed by atoms with Gasteiger partial charge in [-0.2, -0.15) is 4.98 Å². The predicted octanol–water partition coefficient (Wildman–Crippen LogP) is 4.84. The van der Waals surface area contributed by atoms with E-state index in [0.29, 0.717) is 46.8 Å². The Morgan fingerprint density at radius 2 is 1.93 bits per heavy atom. The minimum absolute atomic E-state index is 0.147. The van der Waals surface area contributed by atoms with Crippen LogP contribution in [-0.2, 0) is 5.41 Å². The lowest BCUT2D eigenvalue weighted by atomic mass is 9.96. The van der Waals surface area contributed by atoms with E-state index in [2.05, 4.69) is 10.1 Å². The summed E-state index contributed by atoms with van der Waals surface area (Å²) < 4.78 is 11.1. The first-order chi connectivity index (χ1) is 13.8. The zero-order valence-electron chi connectivity index (χ0n) is 17.0. The number of carbonyl (C=O) groups is 1. The molecule has 0 N–H and O–H groups in total. The van der Waals surface area contributed by atoms with E-state index in [1.165, 1.54) is 0 Å². The molecule has 0 saturated heterocycles. The van der Waals surface area contributed by atoms with E-state index in [0.717, 1.165) is 0 Å². The van der Waals surface area contributed by atoms with Gasteiger partial charge in [-0.15, -0.1) is 0 Å². The van der Waals surface area contributed by atoms with Crippen molar-refractivity contribution in [1.82, 2.24) is 15.0 Å². The molecular weight excluding hydrogens is 390 g/mol. The van der Waals surface area contributed by atoms with E-state index in [4.69, 9.17) is 20.9 Å². The lowest BCUT2D eigenvalue weighted by Gasteiger charge is -2.18. The third-order valence-electron chi connectivity index (χ3n) is 4.32. The fraction of sp³-hybridized carbons (Fsp3) is 0.318. The number of rotatable bonds is 6. The number of ether oxygens (including phenoxy) is 1. The summed E-state index contributed by atoms with van der Waals surface area (Å²) in [7, 11) is 1.73. The highest BCUT2D eigenvalue weighted by molar-refractivity contribution is 6.30. The van der Waals surface area contributed by atoms with Gasteiger partial charge in [0, 0.05) is 17.5 Å². The summed E-state index contributed by atoms with van der Waals surface area (Å²) in [4.78, 5) is 19.1. The number of amides is 1. The van der Waals surface area contributed by atoms with E-state index >= 15 is 0 Å². The number of nitrogens with zero attached hydrogens (tertiary/aromatic N) is 3. The lowest BCUT2D eigenvalue weighted by Crippen LogP contribution is -2.31. The van der Waals surface area contributed by atoms with Crippen LogP contribution in [0.25, 0.3) is 11.5 Å². The van der Waals surface area contributed by atoms with Crippen LogP contribution >= 0.6 is 11.6 Å². The predicted molar refractivity (Wildman–Crippen MR) is 112 cm³/mol. The Kier molecular flexibility index (Phi) is 6.23. The van der Waals surface area contributed by atoms with Gasteiger partial charge in [0.1, 0.15) is 12.4 Å². The van der Waals surface area contributed by atoms with Crippen LogP contribution < -0.4 is 4.74 Å². The normalized spacial score (nSPS) is 11.3. The van der Waals surface area contributed by atoms with Crippen LogP contribution in [-0.4, -0.2) is 41.1 Å². The van der Waals surface area contributed by atoms with Gasteiger partial charge in [0.05, 0.1) is 17.7 Å². The Morgan fingerprint density at radius 3 is 2.62 bits per heavy atom. The molecule has 3 aromatic rings. The van der Waals surface area contributed by atoms with Crippen LogP contribution in [0.15, 0.2) is 53.1 Å². The van der Waals surface area contributed by atoms with Gasteiger partial charge < -0.3 is 14.2 Å². The van der Waals surface area contributed by atoms with Gasteiger partial charge in [-0.05, 0) is 30.3 Å². The molecule has 0 fully saturated rings. The third kappa shape index (κ3) is 5.15. The molecule has 2 aromatic carbocycles. The van der Waals surface area contributed by atoms with Gasteiger partial charge in [0.15, 0.2) is 5.82 Å². The molecule has 0 atom stereocenters. The Morgan fingerprint density at radius 1 is 1.17 bits per heavy atom. The molecule has 0 aliphatic heterocycles. The number of carbonyl (C=O) groups excluding carboxylic acids is 1. The van der Waals surface area contributed by atoms with E-state index in [-0.39, 0.29) is 11.3 Å².